The number of phenols is 1. The van der Waals surface area contributed by atoms with Crippen LogP contribution >= 0.6 is 0 Å². The Kier molecular flexibility index (Phi) is 8.02. The molecule has 8 rings (SSSR count). The average Bonchev–Trinajstić information content (AvgIpc) is 3.73. The van der Waals surface area contributed by atoms with Gasteiger partial charge in [-0.2, -0.15) is 9.97 Å². The second kappa shape index (κ2) is 12.5. The van der Waals surface area contributed by atoms with E-state index >= 15 is 4.39 Å². The molecule has 2 bridgehead atoms. The number of hydrogen-bond donors (Lipinski definition) is 2. The van der Waals surface area contributed by atoms with Crippen molar-refractivity contribution in [2.75, 3.05) is 37.7 Å². The van der Waals surface area contributed by atoms with Gasteiger partial charge >= 0.3 is 12.0 Å². The first-order valence-electron chi connectivity index (χ1n) is 17.1. The molecule has 0 radical (unpaired) electrons. The molecule has 4 saturated heterocycles. The standard InChI is InChI=1S/C38H36F2N6O5/c1-3-22-6-4-7-23-13-27(47)14-28(31(22)23)33-32(40)34-29(16-41-33)35(43-37(42-34)51-20-38-10-5-11-45(38)17-24(39)15-38)44-18-25-8-9-26(19-44)46(25)30(48)12-21(2)36(49)50/h1,4,6-7,12-14,16,24-26,47H,5,8-11,15,17-20H2,2H3,(H,49,50)/b21-12-/t24-,25?,26?,38+/m1/s1. The highest BCUT2D eigenvalue weighted by molar-refractivity contribution is 6.03. The number of alkyl halides is 1. The van der Waals surface area contributed by atoms with Crippen LogP contribution in [0, 0.1) is 18.2 Å². The lowest BCUT2D eigenvalue weighted by atomic mass is 9.95. The number of fused-ring (bicyclic) bond motifs is 5. The van der Waals surface area contributed by atoms with E-state index in [2.05, 4.69) is 20.8 Å². The number of hydrogen-bond acceptors (Lipinski definition) is 9. The number of phenolic OH excluding ortho intramolecular Hbond substituents is 1. The molecule has 4 atom stereocenters. The highest BCUT2D eigenvalue weighted by Gasteiger charge is 2.49. The number of halogens is 2. The van der Waals surface area contributed by atoms with Crippen molar-refractivity contribution in [3.63, 3.8) is 0 Å². The molecular formula is C38H36F2N6O5. The number of carbonyl (C=O) groups excluding carboxylic acids is 1. The van der Waals surface area contributed by atoms with Crippen LogP contribution in [-0.4, -0.2) is 103 Å². The van der Waals surface area contributed by atoms with Crippen LogP contribution in [0.25, 0.3) is 32.9 Å². The van der Waals surface area contributed by atoms with Gasteiger partial charge in [0.25, 0.3) is 0 Å². The van der Waals surface area contributed by atoms with Gasteiger partial charge in [-0.1, -0.05) is 18.1 Å². The van der Waals surface area contributed by atoms with E-state index in [4.69, 9.17) is 16.1 Å². The number of anilines is 1. The SMILES string of the molecule is C#Cc1cccc2cc(O)cc(-c3ncc4c(N5CC6CCC(C5)N6C(=O)/C=C(/C)C(=O)O)nc(OC[C@@]56CCCN5C[C@H](F)C6)nc4c3F)c12. The van der Waals surface area contributed by atoms with Crippen LogP contribution in [-0.2, 0) is 9.59 Å². The summed E-state index contributed by atoms with van der Waals surface area (Å²) in [4.78, 5) is 44.4. The quantitative estimate of drug-likeness (QED) is 0.205. The van der Waals surface area contributed by atoms with E-state index in [1.165, 1.54) is 19.2 Å². The molecule has 4 fully saturated rings. The molecule has 51 heavy (non-hydrogen) atoms. The zero-order valence-corrected chi connectivity index (χ0v) is 28.0. The first kappa shape index (κ1) is 32.8. The lowest BCUT2D eigenvalue weighted by Crippen LogP contribution is -2.55. The first-order chi connectivity index (χ1) is 24.5. The molecule has 0 aliphatic carbocycles. The molecule has 0 spiro atoms. The van der Waals surface area contributed by atoms with Crippen molar-refractivity contribution < 1.29 is 33.3 Å². The fourth-order valence-corrected chi connectivity index (χ4v) is 8.64. The molecule has 262 valence electrons. The number of piperazine rings is 1. The van der Waals surface area contributed by atoms with Crippen LogP contribution in [0.5, 0.6) is 11.8 Å². The number of aromatic hydroxyl groups is 1. The maximum atomic E-state index is 17.0. The number of amides is 1. The van der Waals surface area contributed by atoms with Crippen LogP contribution in [0.1, 0.15) is 44.6 Å². The van der Waals surface area contributed by atoms with Gasteiger partial charge < -0.3 is 24.7 Å². The molecule has 2 unspecified atom stereocenters. The third kappa shape index (κ3) is 5.58. The van der Waals surface area contributed by atoms with Gasteiger partial charge in [0.15, 0.2) is 5.82 Å². The van der Waals surface area contributed by atoms with Gasteiger partial charge in [-0.15, -0.1) is 6.42 Å². The van der Waals surface area contributed by atoms with Gasteiger partial charge in [-0.25, -0.2) is 13.6 Å². The van der Waals surface area contributed by atoms with Crippen LogP contribution < -0.4 is 9.64 Å². The highest BCUT2D eigenvalue weighted by atomic mass is 19.1. The lowest BCUT2D eigenvalue weighted by molar-refractivity contribution is -0.134. The molecule has 4 aliphatic rings. The maximum Gasteiger partial charge on any atom is 0.331 e. The number of nitrogens with zero attached hydrogens (tertiary/aromatic N) is 6. The minimum Gasteiger partial charge on any atom is -0.508 e. The van der Waals surface area contributed by atoms with Gasteiger partial charge in [0.05, 0.1) is 10.9 Å². The van der Waals surface area contributed by atoms with Gasteiger partial charge in [0.1, 0.15) is 35.6 Å². The Morgan fingerprint density at radius 1 is 1.18 bits per heavy atom. The van der Waals surface area contributed by atoms with E-state index in [9.17, 15) is 24.2 Å². The topological polar surface area (TPSA) is 132 Å². The van der Waals surface area contributed by atoms with Crippen molar-refractivity contribution in [1.82, 2.24) is 24.8 Å². The summed E-state index contributed by atoms with van der Waals surface area (Å²) in [6.45, 7) is 3.38. The summed E-state index contributed by atoms with van der Waals surface area (Å²) in [6, 6.07) is 7.74. The maximum absolute atomic E-state index is 17.0. The second-order valence-electron chi connectivity index (χ2n) is 14.1. The number of rotatable bonds is 7. The van der Waals surface area contributed by atoms with Gasteiger partial charge in [-0.05, 0) is 62.7 Å². The molecule has 13 heteroatoms. The third-order valence-electron chi connectivity index (χ3n) is 11.0. The summed E-state index contributed by atoms with van der Waals surface area (Å²) >= 11 is 0. The predicted octanol–water partition coefficient (Wildman–Crippen LogP) is 4.84. The molecule has 4 aliphatic heterocycles. The largest absolute Gasteiger partial charge is 0.508 e. The molecular weight excluding hydrogens is 658 g/mol. The summed E-state index contributed by atoms with van der Waals surface area (Å²) in [5.74, 6) is 0.682. The van der Waals surface area contributed by atoms with Crippen molar-refractivity contribution in [1.29, 1.82) is 0 Å². The van der Waals surface area contributed by atoms with Crippen LogP contribution in [0.2, 0.25) is 0 Å². The number of ether oxygens (including phenoxy) is 1. The molecule has 0 saturated carbocycles. The number of aliphatic carboxylic acids is 1. The number of benzene rings is 2. The predicted molar refractivity (Wildman–Crippen MR) is 186 cm³/mol. The number of aromatic nitrogens is 3. The zero-order valence-electron chi connectivity index (χ0n) is 28.0. The van der Waals surface area contributed by atoms with Gasteiger partial charge in [0.2, 0.25) is 5.91 Å². The molecule has 1 amide bonds. The van der Waals surface area contributed by atoms with E-state index < -0.39 is 23.5 Å². The molecule has 11 nitrogen and oxygen atoms in total. The van der Waals surface area contributed by atoms with E-state index in [1.54, 1.807) is 29.2 Å². The van der Waals surface area contributed by atoms with Crippen LogP contribution in [0.3, 0.4) is 0 Å². The molecule has 2 aromatic heterocycles. The van der Waals surface area contributed by atoms with Crippen molar-refractivity contribution in [2.45, 2.75) is 62.8 Å². The summed E-state index contributed by atoms with van der Waals surface area (Å²) in [6.07, 6.45) is 11.0. The molecule has 4 aromatic rings. The molecule has 2 aromatic carbocycles. The number of carbonyl (C=O) groups is 2. The lowest BCUT2D eigenvalue weighted by Gasteiger charge is -2.41. The van der Waals surface area contributed by atoms with Crippen LogP contribution in [0.4, 0.5) is 14.6 Å². The number of terminal acetylenes is 1. The fourth-order valence-electron chi connectivity index (χ4n) is 8.64. The summed E-state index contributed by atoms with van der Waals surface area (Å²) in [5, 5.41) is 21.4. The Morgan fingerprint density at radius 3 is 2.71 bits per heavy atom. The van der Waals surface area contributed by atoms with E-state index in [0.29, 0.717) is 72.0 Å². The number of carboxylic acid groups (broad SMARTS) is 1. The summed E-state index contributed by atoms with van der Waals surface area (Å²) < 4.78 is 37.8. The number of carboxylic acids is 1. The van der Waals surface area contributed by atoms with Crippen molar-refractivity contribution in [3.8, 4) is 35.4 Å². The fraction of sp³-hybridized carbons (Fsp3) is 0.395. The molecule has 6 heterocycles. The average molecular weight is 695 g/mol. The van der Waals surface area contributed by atoms with Gasteiger partial charge in [0, 0.05) is 72.5 Å². The Labute approximate surface area is 292 Å². The van der Waals surface area contributed by atoms with E-state index in [-0.39, 0.29) is 53.1 Å². The van der Waals surface area contributed by atoms with Crippen molar-refractivity contribution in [2.24, 2.45) is 0 Å². The second-order valence-corrected chi connectivity index (χ2v) is 14.1. The van der Waals surface area contributed by atoms with Crippen molar-refractivity contribution >= 4 is 39.4 Å². The Morgan fingerprint density at radius 2 is 1.96 bits per heavy atom. The highest BCUT2D eigenvalue weighted by Crippen LogP contribution is 2.42. The minimum absolute atomic E-state index is 0.0433. The zero-order chi connectivity index (χ0) is 35.6. The normalized spacial score (nSPS) is 24.7. The smallest absolute Gasteiger partial charge is 0.331 e. The summed E-state index contributed by atoms with van der Waals surface area (Å²) in [7, 11) is 0. The Bertz CT molecular complexity index is 2170. The Hall–Kier alpha value is -5.35. The van der Waals surface area contributed by atoms with E-state index in [1.807, 2.05) is 4.90 Å². The number of pyridine rings is 1. The minimum atomic E-state index is -1.16. The summed E-state index contributed by atoms with van der Waals surface area (Å²) in [5.41, 5.74) is 0.175. The Balaban J connectivity index is 1.22. The van der Waals surface area contributed by atoms with Gasteiger partial charge in [-0.3, -0.25) is 14.7 Å². The third-order valence-corrected chi connectivity index (χ3v) is 11.0. The monoisotopic (exact) mass is 694 g/mol. The van der Waals surface area contributed by atoms with Crippen LogP contribution in [0.15, 0.2) is 48.2 Å². The first-order valence-corrected chi connectivity index (χ1v) is 17.1. The van der Waals surface area contributed by atoms with Crippen molar-refractivity contribution in [3.05, 3.63) is 59.6 Å². The molecule has 2 N–H and O–H groups in total. The van der Waals surface area contributed by atoms with E-state index in [0.717, 1.165) is 25.5 Å².